The quantitative estimate of drug-likeness (QED) is 0.781. The van der Waals surface area contributed by atoms with Gasteiger partial charge >= 0.3 is 0 Å². The molecule has 1 saturated heterocycles. The van der Waals surface area contributed by atoms with Crippen molar-refractivity contribution in [1.82, 2.24) is 20.3 Å². The van der Waals surface area contributed by atoms with Crippen LogP contribution in [-0.2, 0) is 0 Å². The van der Waals surface area contributed by atoms with E-state index in [9.17, 15) is 0 Å². The molecule has 0 unspecified atom stereocenters. The second-order valence-electron chi connectivity index (χ2n) is 4.93. The molecule has 3 N–H and O–H groups in total. The highest BCUT2D eigenvalue weighted by atomic mass is 15.3. The molecular formula is C13H18N6. The van der Waals surface area contributed by atoms with Gasteiger partial charge in [-0.1, -0.05) is 0 Å². The number of fused-ring (bicyclic) bond motifs is 1. The SMILES string of the molecule is Cc1cc(C)c2c(N)nc(N3CCNCC3)nc2n1. The molecule has 0 atom stereocenters. The zero-order chi connectivity index (χ0) is 13.4. The molecule has 3 rings (SSSR count). The molecule has 0 spiro atoms. The lowest BCUT2D eigenvalue weighted by Crippen LogP contribution is -2.44. The molecule has 6 heteroatoms. The number of aryl methyl sites for hydroxylation is 2. The Morgan fingerprint density at radius 3 is 2.63 bits per heavy atom. The summed E-state index contributed by atoms with van der Waals surface area (Å²) in [6.45, 7) is 7.67. The number of nitrogens with one attached hydrogen (secondary N) is 1. The molecule has 0 aliphatic carbocycles. The third kappa shape index (κ3) is 2.19. The van der Waals surface area contributed by atoms with Crippen molar-refractivity contribution in [2.24, 2.45) is 0 Å². The fourth-order valence-corrected chi connectivity index (χ4v) is 2.50. The molecule has 1 aliphatic rings. The molecule has 2 aromatic rings. The van der Waals surface area contributed by atoms with Crippen LogP contribution in [0, 0.1) is 13.8 Å². The van der Waals surface area contributed by atoms with E-state index in [1.807, 2.05) is 19.9 Å². The smallest absolute Gasteiger partial charge is 0.229 e. The monoisotopic (exact) mass is 258 g/mol. The molecule has 100 valence electrons. The number of aromatic nitrogens is 3. The standard InChI is InChI=1S/C13H18N6/c1-8-7-9(2)16-12-10(8)11(14)17-13(18-12)19-5-3-15-4-6-19/h7,15H,3-6H2,1-2H3,(H2,14,16,17,18). The number of hydrogen-bond donors (Lipinski definition) is 2. The molecule has 1 aliphatic heterocycles. The van der Waals surface area contributed by atoms with Gasteiger partial charge in [-0.05, 0) is 25.5 Å². The summed E-state index contributed by atoms with van der Waals surface area (Å²) in [5.41, 5.74) is 8.80. The molecule has 0 bridgehead atoms. The molecule has 2 aromatic heterocycles. The molecule has 0 aromatic carbocycles. The van der Waals surface area contributed by atoms with Crippen LogP contribution in [0.15, 0.2) is 6.07 Å². The number of rotatable bonds is 1. The Balaban J connectivity index is 2.12. The lowest BCUT2D eigenvalue weighted by molar-refractivity contribution is 0.580. The fraction of sp³-hybridized carbons (Fsp3) is 0.462. The van der Waals surface area contributed by atoms with Crippen molar-refractivity contribution >= 4 is 22.8 Å². The summed E-state index contributed by atoms with van der Waals surface area (Å²) in [7, 11) is 0. The number of piperazine rings is 1. The maximum atomic E-state index is 6.08. The summed E-state index contributed by atoms with van der Waals surface area (Å²) < 4.78 is 0. The van der Waals surface area contributed by atoms with Gasteiger partial charge in [0.25, 0.3) is 0 Å². The first-order chi connectivity index (χ1) is 9.15. The van der Waals surface area contributed by atoms with E-state index in [1.54, 1.807) is 0 Å². The Kier molecular flexibility index (Phi) is 2.94. The van der Waals surface area contributed by atoms with Crippen molar-refractivity contribution in [2.75, 3.05) is 36.8 Å². The zero-order valence-electron chi connectivity index (χ0n) is 11.3. The highest BCUT2D eigenvalue weighted by molar-refractivity contribution is 5.89. The molecular weight excluding hydrogens is 240 g/mol. The van der Waals surface area contributed by atoms with E-state index in [4.69, 9.17) is 5.73 Å². The van der Waals surface area contributed by atoms with Gasteiger partial charge in [-0.2, -0.15) is 9.97 Å². The second-order valence-corrected chi connectivity index (χ2v) is 4.93. The maximum absolute atomic E-state index is 6.08. The van der Waals surface area contributed by atoms with Crippen LogP contribution in [0.3, 0.4) is 0 Å². The van der Waals surface area contributed by atoms with E-state index in [2.05, 4.69) is 25.2 Å². The van der Waals surface area contributed by atoms with E-state index >= 15 is 0 Å². The summed E-state index contributed by atoms with van der Waals surface area (Å²) in [5.74, 6) is 1.20. The van der Waals surface area contributed by atoms with Gasteiger partial charge in [-0.15, -0.1) is 0 Å². The van der Waals surface area contributed by atoms with Crippen molar-refractivity contribution in [2.45, 2.75) is 13.8 Å². The topological polar surface area (TPSA) is 80.0 Å². The Labute approximate surface area is 112 Å². The van der Waals surface area contributed by atoms with Crippen molar-refractivity contribution in [3.63, 3.8) is 0 Å². The van der Waals surface area contributed by atoms with Crippen LogP contribution in [0.25, 0.3) is 11.0 Å². The van der Waals surface area contributed by atoms with Gasteiger partial charge in [-0.3, -0.25) is 0 Å². The molecule has 0 radical (unpaired) electrons. The molecule has 19 heavy (non-hydrogen) atoms. The van der Waals surface area contributed by atoms with Crippen LogP contribution in [0.5, 0.6) is 0 Å². The number of nitrogen functional groups attached to an aromatic ring is 1. The van der Waals surface area contributed by atoms with Crippen LogP contribution in [-0.4, -0.2) is 41.1 Å². The maximum Gasteiger partial charge on any atom is 0.229 e. The predicted molar refractivity (Wildman–Crippen MR) is 76.3 cm³/mol. The average molecular weight is 258 g/mol. The molecule has 3 heterocycles. The summed E-state index contributed by atoms with van der Waals surface area (Å²) in [4.78, 5) is 15.6. The van der Waals surface area contributed by atoms with Gasteiger partial charge < -0.3 is 16.0 Å². The van der Waals surface area contributed by atoms with Crippen LogP contribution in [0.1, 0.15) is 11.3 Å². The lowest BCUT2D eigenvalue weighted by Gasteiger charge is -2.27. The van der Waals surface area contributed by atoms with Crippen LogP contribution < -0.4 is 16.0 Å². The number of anilines is 2. The van der Waals surface area contributed by atoms with E-state index < -0.39 is 0 Å². The van der Waals surface area contributed by atoms with Gasteiger partial charge in [0.05, 0.1) is 5.39 Å². The fourth-order valence-electron chi connectivity index (χ4n) is 2.50. The first-order valence-electron chi connectivity index (χ1n) is 6.52. The highest BCUT2D eigenvalue weighted by Gasteiger charge is 2.16. The van der Waals surface area contributed by atoms with Crippen LogP contribution in [0.4, 0.5) is 11.8 Å². The zero-order valence-corrected chi connectivity index (χ0v) is 11.3. The first-order valence-corrected chi connectivity index (χ1v) is 6.52. The second kappa shape index (κ2) is 4.62. The Morgan fingerprint density at radius 1 is 1.16 bits per heavy atom. The van der Waals surface area contributed by atoms with Crippen molar-refractivity contribution < 1.29 is 0 Å². The van der Waals surface area contributed by atoms with Gasteiger partial charge in [-0.25, -0.2) is 4.98 Å². The molecule has 1 fully saturated rings. The van der Waals surface area contributed by atoms with Gasteiger partial charge in [0.15, 0.2) is 5.65 Å². The first kappa shape index (κ1) is 12.1. The minimum Gasteiger partial charge on any atom is -0.383 e. The number of nitrogens with two attached hydrogens (primary N) is 1. The summed E-state index contributed by atoms with van der Waals surface area (Å²) in [6, 6.07) is 2.01. The normalized spacial score (nSPS) is 16.0. The minimum absolute atomic E-state index is 0.517. The highest BCUT2D eigenvalue weighted by Crippen LogP contribution is 2.24. The minimum atomic E-state index is 0.517. The van der Waals surface area contributed by atoms with E-state index in [1.165, 1.54) is 0 Å². The van der Waals surface area contributed by atoms with Gasteiger partial charge in [0, 0.05) is 31.9 Å². The van der Waals surface area contributed by atoms with Crippen molar-refractivity contribution in [3.8, 4) is 0 Å². The van der Waals surface area contributed by atoms with Gasteiger partial charge in [0.1, 0.15) is 5.82 Å². The Bertz CT molecular complexity index is 618. The Morgan fingerprint density at radius 2 is 1.89 bits per heavy atom. The van der Waals surface area contributed by atoms with Gasteiger partial charge in [0.2, 0.25) is 5.95 Å². The van der Waals surface area contributed by atoms with E-state index in [-0.39, 0.29) is 0 Å². The third-order valence-electron chi connectivity index (χ3n) is 3.41. The van der Waals surface area contributed by atoms with Crippen molar-refractivity contribution in [1.29, 1.82) is 0 Å². The number of nitrogens with zero attached hydrogens (tertiary/aromatic N) is 4. The molecule has 6 nitrogen and oxygen atoms in total. The third-order valence-corrected chi connectivity index (χ3v) is 3.41. The van der Waals surface area contributed by atoms with Crippen LogP contribution in [0.2, 0.25) is 0 Å². The average Bonchev–Trinajstić information content (AvgIpc) is 2.38. The van der Waals surface area contributed by atoms with E-state index in [0.29, 0.717) is 17.4 Å². The predicted octanol–water partition coefficient (Wildman–Crippen LogP) is 0.633. The van der Waals surface area contributed by atoms with Crippen molar-refractivity contribution in [3.05, 3.63) is 17.3 Å². The largest absolute Gasteiger partial charge is 0.383 e. The summed E-state index contributed by atoms with van der Waals surface area (Å²) in [6.07, 6.45) is 0. The Hall–Kier alpha value is -1.95. The van der Waals surface area contributed by atoms with Crippen LogP contribution >= 0.6 is 0 Å². The molecule has 0 amide bonds. The van der Waals surface area contributed by atoms with E-state index in [0.717, 1.165) is 42.8 Å². The summed E-state index contributed by atoms with van der Waals surface area (Å²) >= 11 is 0. The molecule has 0 saturated carbocycles. The number of hydrogen-bond acceptors (Lipinski definition) is 6. The summed E-state index contributed by atoms with van der Waals surface area (Å²) in [5, 5.41) is 4.18. The lowest BCUT2D eigenvalue weighted by atomic mass is 10.1. The number of pyridine rings is 1.